The first kappa shape index (κ1) is 19.5. The first-order valence-electron chi connectivity index (χ1n) is 9.21. The first-order chi connectivity index (χ1) is 13.6. The summed E-state index contributed by atoms with van der Waals surface area (Å²) in [4.78, 5) is 25.5. The summed E-state index contributed by atoms with van der Waals surface area (Å²) in [7, 11) is 3.01. The highest BCUT2D eigenvalue weighted by Gasteiger charge is 2.21. The summed E-state index contributed by atoms with van der Waals surface area (Å²) in [6.45, 7) is 1.65. The van der Waals surface area contributed by atoms with Gasteiger partial charge < -0.3 is 25.0 Å². The lowest BCUT2D eigenvalue weighted by molar-refractivity contribution is 0.118. The van der Waals surface area contributed by atoms with E-state index in [0.29, 0.717) is 25.3 Å². The van der Waals surface area contributed by atoms with Crippen LogP contribution < -0.4 is 15.4 Å². The Balaban J connectivity index is 1.51. The molecule has 0 bridgehead atoms. The lowest BCUT2D eigenvalue weighted by Crippen LogP contribution is -2.36. The molecule has 148 valence electrons. The molecule has 2 aromatic carbocycles. The van der Waals surface area contributed by atoms with Crippen molar-refractivity contribution < 1.29 is 19.1 Å². The molecule has 0 aliphatic carbocycles. The Morgan fingerprint density at radius 2 is 1.86 bits per heavy atom. The quantitative estimate of drug-likeness (QED) is 0.831. The van der Waals surface area contributed by atoms with Crippen LogP contribution in [0, 0.1) is 0 Å². The van der Waals surface area contributed by atoms with Crippen molar-refractivity contribution in [1.82, 2.24) is 10.2 Å². The van der Waals surface area contributed by atoms with Gasteiger partial charge in [-0.1, -0.05) is 18.2 Å². The largest absolute Gasteiger partial charge is 0.497 e. The van der Waals surface area contributed by atoms with Gasteiger partial charge in [0.05, 0.1) is 14.2 Å². The number of nitrogens with one attached hydrogen (secondary N) is 2. The van der Waals surface area contributed by atoms with Gasteiger partial charge >= 0.3 is 12.1 Å². The number of carbonyl (C=O) groups is 2. The third-order valence-electron chi connectivity index (χ3n) is 4.77. The fourth-order valence-electron chi connectivity index (χ4n) is 3.21. The summed E-state index contributed by atoms with van der Waals surface area (Å²) >= 11 is 0. The van der Waals surface area contributed by atoms with Gasteiger partial charge in [-0.2, -0.15) is 0 Å². The Morgan fingerprint density at radius 3 is 2.57 bits per heavy atom. The van der Waals surface area contributed by atoms with Crippen LogP contribution in [-0.2, 0) is 24.1 Å². The van der Waals surface area contributed by atoms with Crippen molar-refractivity contribution in [2.75, 3.05) is 32.6 Å². The van der Waals surface area contributed by atoms with E-state index in [1.54, 1.807) is 12.0 Å². The normalized spacial score (nSPS) is 12.7. The maximum Gasteiger partial charge on any atom is 0.409 e. The maximum absolute atomic E-state index is 12.2. The standard InChI is InChI=1S/C21H25N3O4/c1-27-19-7-3-15(4-8-19)9-11-22-20(25)23-18-6-5-16-10-12-24(21(26)28-2)14-17(16)13-18/h3-8,13H,9-12,14H2,1-2H3,(H2,22,23,25). The molecule has 7 nitrogen and oxygen atoms in total. The predicted octanol–water partition coefficient (Wildman–Crippen LogP) is 3.18. The van der Waals surface area contributed by atoms with E-state index in [0.717, 1.165) is 29.7 Å². The lowest BCUT2D eigenvalue weighted by atomic mass is 9.99. The van der Waals surface area contributed by atoms with Gasteiger partial charge in [-0.15, -0.1) is 0 Å². The summed E-state index contributed by atoms with van der Waals surface area (Å²) in [5.74, 6) is 0.813. The van der Waals surface area contributed by atoms with Crippen molar-refractivity contribution in [1.29, 1.82) is 0 Å². The van der Waals surface area contributed by atoms with Crippen LogP contribution in [0.2, 0.25) is 0 Å². The van der Waals surface area contributed by atoms with E-state index in [1.807, 2.05) is 42.5 Å². The number of amides is 3. The van der Waals surface area contributed by atoms with E-state index < -0.39 is 0 Å². The second-order valence-electron chi connectivity index (χ2n) is 6.60. The van der Waals surface area contributed by atoms with Crippen molar-refractivity contribution in [3.8, 4) is 5.75 Å². The molecular formula is C21H25N3O4. The Kier molecular flexibility index (Phi) is 6.37. The monoisotopic (exact) mass is 383 g/mol. The van der Waals surface area contributed by atoms with Crippen molar-refractivity contribution >= 4 is 17.8 Å². The molecule has 0 saturated carbocycles. The topological polar surface area (TPSA) is 79.9 Å². The molecule has 0 unspecified atom stereocenters. The van der Waals surface area contributed by atoms with Crippen LogP contribution in [0.4, 0.5) is 15.3 Å². The van der Waals surface area contributed by atoms with Gasteiger partial charge in [-0.3, -0.25) is 0 Å². The van der Waals surface area contributed by atoms with Crippen LogP contribution in [0.3, 0.4) is 0 Å². The van der Waals surface area contributed by atoms with Crippen LogP contribution in [-0.4, -0.2) is 44.3 Å². The van der Waals surface area contributed by atoms with E-state index in [2.05, 4.69) is 10.6 Å². The Labute approximate surface area is 164 Å². The number of anilines is 1. The van der Waals surface area contributed by atoms with Gasteiger partial charge in [0.25, 0.3) is 0 Å². The highest BCUT2D eigenvalue weighted by atomic mass is 16.5. The Hall–Kier alpha value is -3.22. The molecular weight excluding hydrogens is 358 g/mol. The third-order valence-corrected chi connectivity index (χ3v) is 4.77. The summed E-state index contributed by atoms with van der Waals surface area (Å²) in [6.07, 6.45) is 1.18. The van der Waals surface area contributed by atoms with E-state index in [4.69, 9.17) is 9.47 Å². The number of nitrogens with zero attached hydrogens (tertiary/aromatic N) is 1. The number of hydrogen-bond acceptors (Lipinski definition) is 4. The molecule has 0 fully saturated rings. The molecule has 0 spiro atoms. The van der Waals surface area contributed by atoms with E-state index in [1.165, 1.54) is 12.7 Å². The molecule has 1 aliphatic rings. The molecule has 2 aromatic rings. The van der Waals surface area contributed by atoms with Gasteiger partial charge in [-0.25, -0.2) is 9.59 Å². The van der Waals surface area contributed by atoms with E-state index in [-0.39, 0.29) is 12.1 Å². The second kappa shape index (κ2) is 9.12. The fraction of sp³-hybridized carbons (Fsp3) is 0.333. The summed E-state index contributed by atoms with van der Waals surface area (Å²) < 4.78 is 9.93. The fourth-order valence-corrected chi connectivity index (χ4v) is 3.21. The van der Waals surface area contributed by atoms with Gasteiger partial charge in [-0.05, 0) is 53.8 Å². The summed E-state index contributed by atoms with van der Waals surface area (Å²) in [5.41, 5.74) is 4.03. The number of ether oxygens (including phenoxy) is 2. The Bertz CT molecular complexity index is 836. The zero-order valence-electron chi connectivity index (χ0n) is 16.2. The van der Waals surface area contributed by atoms with Gasteiger partial charge in [0.2, 0.25) is 0 Å². The average Bonchev–Trinajstić information content (AvgIpc) is 2.73. The van der Waals surface area contributed by atoms with Crippen LogP contribution in [0.15, 0.2) is 42.5 Å². The van der Waals surface area contributed by atoms with Crippen LogP contribution >= 0.6 is 0 Å². The summed E-state index contributed by atoms with van der Waals surface area (Å²) in [5, 5.41) is 5.71. The number of rotatable bonds is 5. The van der Waals surface area contributed by atoms with Crippen molar-refractivity contribution in [2.24, 2.45) is 0 Å². The van der Waals surface area contributed by atoms with Crippen LogP contribution in [0.5, 0.6) is 5.75 Å². The molecule has 0 radical (unpaired) electrons. The van der Waals surface area contributed by atoms with Gasteiger partial charge in [0, 0.05) is 25.3 Å². The number of carbonyl (C=O) groups excluding carboxylic acids is 2. The number of fused-ring (bicyclic) bond motifs is 1. The number of hydrogen-bond donors (Lipinski definition) is 2. The maximum atomic E-state index is 12.2. The second-order valence-corrected chi connectivity index (χ2v) is 6.60. The molecule has 0 saturated heterocycles. The van der Waals surface area contributed by atoms with Crippen molar-refractivity contribution in [3.63, 3.8) is 0 Å². The SMILES string of the molecule is COC(=O)N1CCc2ccc(NC(=O)NCCc3ccc(OC)cc3)cc2C1. The molecule has 3 amide bonds. The zero-order chi connectivity index (χ0) is 19.9. The molecule has 7 heteroatoms. The first-order valence-corrected chi connectivity index (χ1v) is 9.21. The highest BCUT2D eigenvalue weighted by Crippen LogP contribution is 2.23. The predicted molar refractivity (Wildman–Crippen MR) is 107 cm³/mol. The molecule has 2 N–H and O–H groups in total. The Morgan fingerprint density at radius 1 is 1.07 bits per heavy atom. The average molecular weight is 383 g/mol. The third kappa shape index (κ3) is 4.94. The molecule has 1 heterocycles. The molecule has 0 aromatic heterocycles. The molecule has 3 rings (SSSR count). The van der Waals surface area contributed by atoms with Gasteiger partial charge in [0.1, 0.15) is 5.75 Å². The van der Waals surface area contributed by atoms with Crippen molar-refractivity contribution in [3.05, 3.63) is 59.2 Å². The number of benzene rings is 2. The van der Waals surface area contributed by atoms with Gasteiger partial charge in [0.15, 0.2) is 0 Å². The zero-order valence-corrected chi connectivity index (χ0v) is 16.2. The highest BCUT2D eigenvalue weighted by molar-refractivity contribution is 5.89. The van der Waals surface area contributed by atoms with E-state index in [9.17, 15) is 9.59 Å². The summed E-state index contributed by atoms with van der Waals surface area (Å²) in [6, 6.07) is 13.3. The molecule has 1 aliphatic heterocycles. The minimum Gasteiger partial charge on any atom is -0.497 e. The van der Waals surface area contributed by atoms with Crippen LogP contribution in [0.25, 0.3) is 0 Å². The number of methoxy groups -OCH3 is 2. The number of urea groups is 1. The van der Waals surface area contributed by atoms with Crippen molar-refractivity contribution in [2.45, 2.75) is 19.4 Å². The smallest absolute Gasteiger partial charge is 0.409 e. The van der Waals surface area contributed by atoms with E-state index >= 15 is 0 Å². The van der Waals surface area contributed by atoms with Crippen LogP contribution in [0.1, 0.15) is 16.7 Å². The minimum atomic E-state index is -0.333. The molecule has 28 heavy (non-hydrogen) atoms. The lowest BCUT2D eigenvalue weighted by Gasteiger charge is -2.28. The minimum absolute atomic E-state index is 0.255. The molecule has 0 atom stereocenters.